The molecule has 0 unspecified atom stereocenters. The van der Waals surface area contributed by atoms with Crippen molar-refractivity contribution in [2.75, 3.05) is 25.8 Å². The standard InChI is InChI=1S/C17H24N2O3S/c1-12(2)18(3)17(21)15-10-23-11-19(15)16(20)9-13-6-5-7-14(8-13)22-4/h5-8,12,15H,9-11H2,1-4H3/t15-/m1/s1. The van der Waals surface area contributed by atoms with Crippen molar-refractivity contribution in [3.05, 3.63) is 29.8 Å². The van der Waals surface area contributed by atoms with E-state index in [9.17, 15) is 9.59 Å². The van der Waals surface area contributed by atoms with Crippen LogP contribution < -0.4 is 4.74 Å². The number of ether oxygens (including phenoxy) is 1. The zero-order valence-corrected chi connectivity index (χ0v) is 14.9. The van der Waals surface area contributed by atoms with Crippen LogP contribution in [0.25, 0.3) is 0 Å². The van der Waals surface area contributed by atoms with E-state index in [1.165, 1.54) is 0 Å². The number of hydrogen-bond donors (Lipinski definition) is 0. The van der Waals surface area contributed by atoms with Crippen LogP contribution in [0.3, 0.4) is 0 Å². The normalized spacial score (nSPS) is 17.4. The Morgan fingerprint density at radius 2 is 2.17 bits per heavy atom. The summed E-state index contributed by atoms with van der Waals surface area (Å²) >= 11 is 1.63. The monoisotopic (exact) mass is 336 g/mol. The number of nitrogens with zero attached hydrogens (tertiary/aromatic N) is 2. The van der Waals surface area contributed by atoms with Crippen molar-refractivity contribution >= 4 is 23.6 Å². The Labute approximate surface area is 142 Å². The van der Waals surface area contributed by atoms with E-state index < -0.39 is 0 Å². The first-order valence-electron chi connectivity index (χ1n) is 7.71. The number of carbonyl (C=O) groups excluding carboxylic acids is 2. The molecule has 2 amide bonds. The van der Waals surface area contributed by atoms with Crippen molar-refractivity contribution in [2.45, 2.75) is 32.4 Å². The SMILES string of the molecule is COc1cccc(CC(=O)N2CSC[C@@H]2C(=O)N(C)C(C)C)c1. The Hall–Kier alpha value is -1.69. The Morgan fingerprint density at radius 3 is 2.83 bits per heavy atom. The number of amides is 2. The molecular weight excluding hydrogens is 312 g/mol. The highest BCUT2D eigenvalue weighted by atomic mass is 32.2. The molecule has 1 fully saturated rings. The molecule has 6 heteroatoms. The number of thioether (sulfide) groups is 1. The third-order valence-corrected chi connectivity index (χ3v) is 5.11. The summed E-state index contributed by atoms with van der Waals surface area (Å²) in [5, 5.41) is 0. The molecule has 1 saturated heterocycles. The van der Waals surface area contributed by atoms with Crippen molar-refractivity contribution in [1.82, 2.24) is 9.80 Å². The molecule has 1 aromatic carbocycles. The molecule has 1 atom stereocenters. The average Bonchev–Trinajstić information content (AvgIpc) is 3.03. The summed E-state index contributed by atoms with van der Waals surface area (Å²) in [4.78, 5) is 28.6. The lowest BCUT2D eigenvalue weighted by molar-refractivity contribution is -0.143. The van der Waals surface area contributed by atoms with Gasteiger partial charge in [-0.15, -0.1) is 11.8 Å². The van der Waals surface area contributed by atoms with Crippen LogP contribution in [-0.4, -0.2) is 59.5 Å². The first-order chi connectivity index (χ1) is 10.9. The highest BCUT2D eigenvalue weighted by molar-refractivity contribution is 7.99. The first-order valence-corrected chi connectivity index (χ1v) is 8.86. The smallest absolute Gasteiger partial charge is 0.246 e. The van der Waals surface area contributed by atoms with E-state index in [1.807, 2.05) is 38.1 Å². The second kappa shape index (κ2) is 7.73. The van der Waals surface area contributed by atoms with E-state index in [4.69, 9.17) is 4.74 Å². The van der Waals surface area contributed by atoms with Gasteiger partial charge in [0.2, 0.25) is 11.8 Å². The van der Waals surface area contributed by atoms with Gasteiger partial charge in [-0.1, -0.05) is 12.1 Å². The molecule has 1 heterocycles. The van der Waals surface area contributed by atoms with Crippen LogP contribution in [0.5, 0.6) is 5.75 Å². The van der Waals surface area contributed by atoms with Crippen molar-refractivity contribution < 1.29 is 14.3 Å². The predicted molar refractivity (Wildman–Crippen MR) is 92.6 cm³/mol. The number of methoxy groups -OCH3 is 1. The fraction of sp³-hybridized carbons (Fsp3) is 0.529. The third kappa shape index (κ3) is 4.19. The van der Waals surface area contributed by atoms with E-state index in [-0.39, 0.29) is 30.3 Å². The minimum Gasteiger partial charge on any atom is -0.497 e. The maximum absolute atomic E-state index is 12.6. The Kier molecular flexibility index (Phi) is 5.93. The molecule has 1 aliphatic rings. The van der Waals surface area contributed by atoms with E-state index in [2.05, 4.69) is 0 Å². The van der Waals surface area contributed by atoms with Gasteiger partial charge >= 0.3 is 0 Å². The molecule has 2 rings (SSSR count). The number of hydrogen-bond acceptors (Lipinski definition) is 4. The Morgan fingerprint density at radius 1 is 1.43 bits per heavy atom. The molecule has 0 aromatic heterocycles. The van der Waals surface area contributed by atoms with Crippen molar-refractivity contribution in [3.8, 4) is 5.75 Å². The fourth-order valence-corrected chi connectivity index (χ4v) is 3.61. The lowest BCUT2D eigenvalue weighted by Gasteiger charge is -2.29. The van der Waals surface area contributed by atoms with Crippen molar-refractivity contribution in [3.63, 3.8) is 0 Å². The molecule has 1 aliphatic heterocycles. The van der Waals surface area contributed by atoms with Gasteiger partial charge in [-0.25, -0.2) is 0 Å². The van der Waals surface area contributed by atoms with Crippen LogP contribution in [0.15, 0.2) is 24.3 Å². The molecular formula is C17H24N2O3S. The zero-order chi connectivity index (χ0) is 17.0. The highest BCUT2D eigenvalue weighted by Crippen LogP contribution is 2.24. The highest BCUT2D eigenvalue weighted by Gasteiger charge is 2.36. The molecule has 0 N–H and O–H groups in total. The summed E-state index contributed by atoms with van der Waals surface area (Å²) in [5.41, 5.74) is 0.898. The number of carbonyl (C=O) groups is 2. The van der Waals surface area contributed by atoms with Crippen LogP contribution in [0, 0.1) is 0 Å². The number of rotatable bonds is 5. The molecule has 0 radical (unpaired) electrons. The van der Waals surface area contributed by atoms with Crippen molar-refractivity contribution in [2.24, 2.45) is 0 Å². The van der Waals surface area contributed by atoms with E-state index in [0.29, 0.717) is 11.6 Å². The van der Waals surface area contributed by atoms with Crippen LogP contribution in [0.2, 0.25) is 0 Å². The quantitative estimate of drug-likeness (QED) is 0.825. The largest absolute Gasteiger partial charge is 0.497 e. The van der Waals surface area contributed by atoms with Gasteiger partial charge in [-0.05, 0) is 31.5 Å². The third-order valence-electron chi connectivity index (χ3n) is 4.10. The topological polar surface area (TPSA) is 49.9 Å². The van der Waals surface area contributed by atoms with Gasteiger partial charge in [0.1, 0.15) is 11.8 Å². The molecule has 5 nitrogen and oxygen atoms in total. The summed E-state index contributed by atoms with van der Waals surface area (Å²) < 4.78 is 5.19. The minimum atomic E-state index is -0.356. The zero-order valence-electron chi connectivity index (χ0n) is 14.1. The predicted octanol–water partition coefficient (Wildman–Crippen LogP) is 2.01. The van der Waals surface area contributed by atoms with Crippen LogP contribution >= 0.6 is 11.8 Å². The summed E-state index contributed by atoms with van der Waals surface area (Å²) in [6, 6.07) is 7.26. The van der Waals surface area contributed by atoms with E-state index >= 15 is 0 Å². The second-order valence-corrected chi connectivity index (χ2v) is 6.95. The summed E-state index contributed by atoms with van der Waals surface area (Å²) in [5.74, 6) is 1.98. The van der Waals surface area contributed by atoms with Gasteiger partial charge in [0.25, 0.3) is 0 Å². The number of benzene rings is 1. The Bertz CT molecular complexity index is 577. The second-order valence-electron chi connectivity index (χ2n) is 5.95. The lowest BCUT2D eigenvalue weighted by Crippen LogP contribution is -2.49. The molecule has 0 bridgehead atoms. The maximum Gasteiger partial charge on any atom is 0.246 e. The molecule has 1 aromatic rings. The van der Waals surface area contributed by atoms with Crippen molar-refractivity contribution in [1.29, 1.82) is 0 Å². The molecule has 0 spiro atoms. The molecule has 0 aliphatic carbocycles. The molecule has 23 heavy (non-hydrogen) atoms. The van der Waals surface area contributed by atoms with Gasteiger partial charge in [0.05, 0.1) is 19.4 Å². The maximum atomic E-state index is 12.6. The number of likely N-dealkylation sites (N-methyl/N-ethyl adjacent to an activating group) is 1. The van der Waals surface area contributed by atoms with Crippen LogP contribution in [-0.2, 0) is 16.0 Å². The summed E-state index contributed by atoms with van der Waals surface area (Å²) in [7, 11) is 3.40. The Balaban J connectivity index is 2.07. The summed E-state index contributed by atoms with van der Waals surface area (Å²) in [6.07, 6.45) is 0.285. The first kappa shape index (κ1) is 17.7. The van der Waals surface area contributed by atoms with Crippen LogP contribution in [0.1, 0.15) is 19.4 Å². The van der Waals surface area contributed by atoms with Crippen LogP contribution in [0.4, 0.5) is 0 Å². The lowest BCUT2D eigenvalue weighted by atomic mass is 10.1. The molecule has 126 valence electrons. The molecule has 0 saturated carbocycles. The van der Waals surface area contributed by atoms with Gasteiger partial charge in [0, 0.05) is 18.8 Å². The van der Waals surface area contributed by atoms with E-state index in [1.54, 1.807) is 35.7 Å². The fourth-order valence-electron chi connectivity index (χ4n) is 2.44. The summed E-state index contributed by atoms with van der Waals surface area (Å²) in [6.45, 7) is 3.95. The van der Waals surface area contributed by atoms with Gasteiger partial charge in [-0.3, -0.25) is 9.59 Å². The van der Waals surface area contributed by atoms with E-state index in [0.717, 1.165) is 11.3 Å². The van der Waals surface area contributed by atoms with Gasteiger partial charge in [-0.2, -0.15) is 0 Å². The van der Waals surface area contributed by atoms with Gasteiger partial charge < -0.3 is 14.5 Å². The minimum absolute atomic E-state index is 0.0150. The van der Waals surface area contributed by atoms with Gasteiger partial charge in [0.15, 0.2) is 0 Å². The average molecular weight is 336 g/mol.